The second kappa shape index (κ2) is 10.4. The quantitative estimate of drug-likeness (QED) is 0.518. The molecule has 0 aliphatic heterocycles. The van der Waals surface area contributed by atoms with Gasteiger partial charge in [-0.15, -0.1) is 11.3 Å². The molecule has 6 nitrogen and oxygen atoms in total. The molecule has 0 spiro atoms. The van der Waals surface area contributed by atoms with E-state index in [9.17, 15) is 14.4 Å². The molecule has 7 heteroatoms. The van der Waals surface area contributed by atoms with Crippen molar-refractivity contribution in [2.75, 3.05) is 18.5 Å². The Kier molecular flexibility index (Phi) is 7.95. The number of benzene rings is 1. The highest BCUT2D eigenvalue weighted by molar-refractivity contribution is 7.15. The molecule has 1 aromatic carbocycles. The fourth-order valence-electron chi connectivity index (χ4n) is 2.41. The van der Waals surface area contributed by atoms with Gasteiger partial charge in [0.05, 0.1) is 0 Å². The Bertz CT molecular complexity index is 868. The van der Waals surface area contributed by atoms with Gasteiger partial charge in [0.1, 0.15) is 10.6 Å². The van der Waals surface area contributed by atoms with E-state index in [2.05, 4.69) is 10.6 Å². The van der Waals surface area contributed by atoms with Crippen LogP contribution in [0.3, 0.4) is 0 Å². The maximum atomic E-state index is 12.7. The molecular formula is C21H24N2O4S. The molecule has 2 amide bonds. The van der Waals surface area contributed by atoms with Gasteiger partial charge in [-0.2, -0.15) is 0 Å². The standard InChI is InChI=1S/C21H24N2O4S/c1-4-10-22-18(25)12-27-21(26)19-16(15-8-6-5-7-9-15)13-28-20(19)23-17(24)11-14(2)3/h5-9,11,13H,4,10,12H2,1-3H3,(H,22,25)(H,23,24). The number of ether oxygens (including phenoxy) is 1. The number of esters is 1. The van der Waals surface area contributed by atoms with Gasteiger partial charge in [0.2, 0.25) is 5.91 Å². The maximum absolute atomic E-state index is 12.7. The van der Waals surface area contributed by atoms with Gasteiger partial charge in [-0.3, -0.25) is 9.59 Å². The van der Waals surface area contributed by atoms with E-state index in [1.165, 1.54) is 17.4 Å². The summed E-state index contributed by atoms with van der Waals surface area (Å²) < 4.78 is 5.20. The average molecular weight is 401 g/mol. The first-order chi connectivity index (χ1) is 13.4. The van der Waals surface area contributed by atoms with Crippen LogP contribution in [0.4, 0.5) is 5.00 Å². The summed E-state index contributed by atoms with van der Waals surface area (Å²) in [4.78, 5) is 36.6. The molecule has 1 aromatic heterocycles. The van der Waals surface area contributed by atoms with Crippen molar-refractivity contribution in [3.63, 3.8) is 0 Å². The Morgan fingerprint density at radius 3 is 2.50 bits per heavy atom. The van der Waals surface area contributed by atoms with Crippen LogP contribution in [0.2, 0.25) is 0 Å². The lowest BCUT2D eigenvalue weighted by atomic mass is 10.0. The van der Waals surface area contributed by atoms with Crippen LogP contribution in [0.5, 0.6) is 0 Å². The molecule has 0 saturated heterocycles. The molecule has 2 aromatic rings. The van der Waals surface area contributed by atoms with E-state index in [0.717, 1.165) is 17.6 Å². The monoisotopic (exact) mass is 400 g/mol. The Balaban J connectivity index is 2.28. The molecule has 0 fully saturated rings. The summed E-state index contributed by atoms with van der Waals surface area (Å²) in [6.07, 6.45) is 2.25. The molecule has 0 atom stereocenters. The van der Waals surface area contributed by atoms with E-state index < -0.39 is 5.97 Å². The molecule has 0 unspecified atom stereocenters. The van der Waals surface area contributed by atoms with Crippen LogP contribution in [-0.2, 0) is 14.3 Å². The Morgan fingerprint density at radius 2 is 1.86 bits per heavy atom. The first-order valence-electron chi connectivity index (χ1n) is 8.99. The summed E-state index contributed by atoms with van der Waals surface area (Å²) in [5.74, 6) is -1.34. The van der Waals surface area contributed by atoms with Gasteiger partial charge in [-0.1, -0.05) is 42.8 Å². The lowest BCUT2D eigenvalue weighted by molar-refractivity contribution is -0.124. The van der Waals surface area contributed by atoms with Gasteiger partial charge in [0, 0.05) is 23.6 Å². The van der Waals surface area contributed by atoms with Crippen LogP contribution in [0.1, 0.15) is 37.6 Å². The van der Waals surface area contributed by atoms with Crippen LogP contribution in [0, 0.1) is 0 Å². The lowest BCUT2D eigenvalue weighted by Crippen LogP contribution is -2.29. The molecular weight excluding hydrogens is 376 g/mol. The van der Waals surface area contributed by atoms with Crippen LogP contribution < -0.4 is 10.6 Å². The van der Waals surface area contributed by atoms with Crippen LogP contribution in [0.15, 0.2) is 47.4 Å². The van der Waals surface area contributed by atoms with Crippen molar-refractivity contribution >= 4 is 34.1 Å². The number of thiophene rings is 1. The average Bonchev–Trinajstić information content (AvgIpc) is 3.07. The zero-order valence-electron chi connectivity index (χ0n) is 16.2. The molecule has 0 bridgehead atoms. The van der Waals surface area contributed by atoms with Gasteiger partial charge in [0.25, 0.3) is 5.91 Å². The highest BCUT2D eigenvalue weighted by atomic mass is 32.1. The molecule has 0 saturated carbocycles. The first kappa shape index (κ1) is 21.4. The van der Waals surface area contributed by atoms with E-state index in [1.54, 1.807) is 5.38 Å². The molecule has 0 radical (unpaired) electrons. The number of carbonyl (C=O) groups excluding carboxylic acids is 3. The van der Waals surface area contributed by atoms with Crippen molar-refractivity contribution in [2.45, 2.75) is 27.2 Å². The minimum atomic E-state index is -0.653. The third-order valence-electron chi connectivity index (χ3n) is 3.64. The Labute approximate surface area is 168 Å². The summed E-state index contributed by atoms with van der Waals surface area (Å²) in [5, 5.41) is 7.58. The van der Waals surface area contributed by atoms with Gasteiger partial charge >= 0.3 is 5.97 Å². The highest BCUT2D eigenvalue weighted by Crippen LogP contribution is 2.36. The van der Waals surface area contributed by atoms with Crippen LogP contribution in [0.25, 0.3) is 11.1 Å². The Hall–Kier alpha value is -2.93. The Morgan fingerprint density at radius 1 is 1.14 bits per heavy atom. The van der Waals surface area contributed by atoms with Crippen molar-refractivity contribution < 1.29 is 19.1 Å². The summed E-state index contributed by atoms with van der Waals surface area (Å²) in [6, 6.07) is 9.34. The predicted molar refractivity (Wildman–Crippen MR) is 111 cm³/mol. The van der Waals surface area contributed by atoms with Crippen molar-refractivity contribution in [2.24, 2.45) is 0 Å². The molecule has 148 valence electrons. The van der Waals surface area contributed by atoms with Crippen molar-refractivity contribution in [1.82, 2.24) is 5.32 Å². The number of nitrogens with one attached hydrogen (secondary N) is 2. The minimum Gasteiger partial charge on any atom is -0.452 e. The van der Waals surface area contributed by atoms with Crippen LogP contribution >= 0.6 is 11.3 Å². The van der Waals surface area contributed by atoms with Crippen molar-refractivity contribution in [1.29, 1.82) is 0 Å². The third kappa shape index (κ3) is 6.06. The van der Waals surface area contributed by atoms with Crippen LogP contribution in [-0.4, -0.2) is 30.9 Å². The number of anilines is 1. The van der Waals surface area contributed by atoms with Gasteiger partial charge in [0.15, 0.2) is 6.61 Å². The largest absolute Gasteiger partial charge is 0.452 e. The summed E-state index contributed by atoms with van der Waals surface area (Å²) >= 11 is 1.24. The summed E-state index contributed by atoms with van der Waals surface area (Å²) in [7, 11) is 0. The second-order valence-electron chi connectivity index (χ2n) is 6.36. The molecule has 0 aliphatic carbocycles. The number of amides is 2. The van der Waals surface area contributed by atoms with E-state index in [-0.39, 0.29) is 24.0 Å². The second-order valence-corrected chi connectivity index (χ2v) is 7.24. The predicted octanol–water partition coefficient (Wildman–Crippen LogP) is 4.00. The van der Waals surface area contributed by atoms with E-state index in [1.807, 2.05) is 51.1 Å². The van der Waals surface area contributed by atoms with E-state index in [4.69, 9.17) is 4.74 Å². The summed E-state index contributed by atoms with van der Waals surface area (Å²) in [6.45, 7) is 5.71. The van der Waals surface area contributed by atoms with E-state index in [0.29, 0.717) is 17.1 Å². The highest BCUT2D eigenvalue weighted by Gasteiger charge is 2.23. The SMILES string of the molecule is CCCNC(=O)COC(=O)c1c(-c2ccccc2)csc1NC(=O)C=C(C)C. The fourth-order valence-corrected chi connectivity index (χ4v) is 3.37. The van der Waals surface area contributed by atoms with Gasteiger partial charge < -0.3 is 15.4 Å². The number of rotatable bonds is 8. The van der Waals surface area contributed by atoms with Gasteiger partial charge in [-0.25, -0.2) is 4.79 Å². The number of hydrogen-bond donors (Lipinski definition) is 2. The molecule has 1 heterocycles. The molecule has 28 heavy (non-hydrogen) atoms. The lowest BCUT2D eigenvalue weighted by Gasteiger charge is -2.09. The smallest absolute Gasteiger partial charge is 0.342 e. The summed E-state index contributed by atoms with van der Waals surface area (Å²) in [5.41, 5.74) is 2.56. The number of carbonyl (C=O) groups is 3. The molecule has 2 N–H and O–H groups in total. The van der Waals surface area contributed by atoms with Gasteiger partial charge in [-0.05, 0) is 25.8 Å². The maximum Gasteiger partial charge on any atom is 0.342 e. The number of allylic oxidation sites excluding steroid dienone is 1. The molecule has 0 aliphatic rings. The van der Waals surface area contributed by atoms with Crippen molar-refractivity contribution in [3.05, 3.63) is 52.9 Å². The molecule has 2 rings (SSSR count). The number of hydrogen-bond acceptors (Lipinski definition) is 5. The van der Waals surface area contributed by atoms with E-state index >= 15 is 0 Å². The minimum absolute atomic E-state index is 0.245. The third-order valence-corrected chi connectivity index (χ3v) is 4.54. The topological polar surface area (TPSA) is 84.5 Å². The van der Waals surface area contributed by atoms with Crippen molar-refractivity contribution in [3.8, 4) is 11.1 Å². The zero-order valence-corrected chi connectivity index (χ0v) is 17.0. The fraction of sp³-hybridized carbons (Fsp3) is 0.286. The zero-order chi connectivity index (χ0) is 20.5. The normalized spacial score (nSPS) is 10.1. The first-order valence-corrected chi connectivity index (χ1v) is 9.87.